The molecule has 0 fully saturated rings. The molecule has 0 bridgehead atoms. The molecule has 2 atom stereocenters. The molecule has 1 aliphatic carbocycles. The van der Waals surface area contributed by atoms with Crippen LogP contribution in [-0.2, 0) is 9.84 Å². The summed E-state index contributed by atoms with van der Waals surface area (Å²) < 4.78 is 71.0. The van der Waals surface area contributed by atoms with E-state index in [4.69, 9.17) is 0 Å². The molecule has 0 aliphatic heterocycles. The van der Waals surface area contributed by atoms with E-state index >= 15 is 4.39 Å². The molecule has 2 unspecified atom stereocenters. The molecule has 2 aromatic carbocycles. The van der Waals surface area contributed by atoms with Crippen LogP contribution in [0.5, 0.6) is 0 Å². The van der Waals surface area contributed by atoms with Crippen molar-refractivity contribution in [3.8, 4) is 0 Å². The van der Waals surface area contributed by atoms with Gasteiger partial charge in [-0.25, -0.2) is 21.6 Å². The highest BCUT2D eigenvalue weighted by molar-refractivity contribution is 7.92. The molecule has 0 aromatic heterocycles. The first-order valence-electron chi connectivity index (χ1n) is 7.80. The van der Waals surface area contributed by atoms with Gasteiger partial charge in [0.25, 0.3) is 10.9 Å². The zero-order valence-corrected chi connectivity index (χ0v) is 14.3. The van der Waals surface area contributed by atoms with Gasteiger partial charge in [0.15, 0.2) is 0 Å². The average Bonchev–Trinajstić information content (AvgIpc) is 2.58. The van der Waals surface area contributed by atoms with Gasteiger partial charge in [-0.15, -0.1) is 0 Å². The van der Waals surface area contributed by atoms with E-state index in [-0.39, 0.29) is 5.56 Å². The Hall–Kier alpha value is -2.08. The molecule has 0 radical (unpaired) electrons. The number of aryl methyl sites for hydroxylation is 1. The fourth-order valence-corrected chi connectivity index (χ4v) is 4.94. The minimum Gasteiger partial charge on any atom is -0.220 e. The summed E-state index contributed by atoms with van der Waals surface area (Å²) in [6.07, 6.45) is 1.40. The van der Waals surface area contributed by atoms with Gasteiger partial charge in [0, 0.05) is 6.42 Å². The van der Waals surface area contributed by atoms with Crippen LogP contribution in [-0.4, -0.2) is 19.3 Å². The summed E-state index contributed by atoms with van der Waals surface area (Å²) >= 11 is 0. The van der Waals surface area contributed by atoms with Crippen molar-refractivity contribution in [2.24, 2.45) is 0 Å². The van der Waals surface area contributed by atoms with Crippen molar-refractivity contribution in [3.05, 3.63) is 77.9 Å². The van der Waals surface area contributed by atoms with Gasteiger partial charge in [0.2, 0.25) is 9.84 Å². The summed E-state index contributed by atoms with van der Waals surface area (Å²) in [6.45, 7) is 1.73. The van der Waals surface area contributed by atoms with E-state index in [0.29, 0.717) is 0 Å². The third kappa shape index (κ3) is 2.68. The zero-order valence-electron chi connectivity index (χ0n) is 13.5. The van der Waals surface area contributed by atoms with Gasteiger partial charge in [-0.2, -0.15) is 0 Å². The summed E-state index contributed by atoms with van der Waals surface area (Å²) in [6, 6.07) is 13.0. The third-order valence-electron chi connectivity index (χ3n) is 4.48. The molecule has 25 heavy (non-hydrogen) atoms. The van der Waals surface area contributed by atoms with Crippen LogP contribution >= 0.6 is 0 Å². The Kier molecular flexibility index (Phi) is 4.27. The smallest absolute Gasteiger partial charge is 0.220 e. The standard InChI is InChI=1S/C19H17F3O2S/c1-14-9-11-16(12-10-14)25(23,24)19(22)17(8-5-13-18(19,20)21)15-6-3-2-4-7-15/h2-12,17H,13H2,1H3. The highest BCUT2D eigenvalue weighted by Crippen LogP contribution is 2.54. The predicted octanol–water partition coefficient (Wildman–Crippen LogP) is 4.81. The fourth-order valence-electron chi connectivity index (χ4n) is 3.08. The lowest BCUT2D eigenvalue weighted by Gasteiger charge is -2.40. The van der Waals surface area contributed by atoms with Crippen LogP contribution < -0.4 is 0 Å². The van der Waals surface area contributed by atoms with Crippen molar-refractivity contribution in [1.82, 2.24) is 0 Å². The number of halogens is 3. The largest absolute Gasteiger partial charge is 0.300 e. The first-order chi connectivity index (χ1) is 11.7. The predicted molar refractivity (Wildman–Crippen MR) is 90.1 cm³/mol. The summed E-state index contributed by atoms with van der Waals surface area (Å²) in [5.41, 5.74) is 0.943. The second kappa shape index (κ2) is 6.02. The lowest BCUT2D eigenvalue weighted by molar-refractivity contribution is -0.102. The molecule has 6 heteroatoms. The van der Waals surface area contributed by atoms with Gasteiger partial charge in [0.05, 0.1) is 10.8 Å². The number of benzene rings is 2. The van der Waals surface area contributed by atoms with E-state index in [0.717, 1.165) is 11.6 Å². The monoisotopic (exact) mass is 366 g/mol. The van der Waals surface area contributed by atoms with Crippen LogP contribution in [0.25, 0.3) is 0 Å². The first kappa shape index (κ1) is 17.7. The summed E-state index contributed by atoms with van der Waals surface area (Å²) in [4.78, 5) is -0.448. The van der Waals surface area contributed by atoms with Crippen LogP contribution in [0, 0.1) is 6.92 Å². The minimum atomic E-state index is -4.95. The topological polar surface area (TPSA) is 34.1 Å². The van der Waals surface area contributed by atoms with Crippen molar-refractivity contribution in [1.29, 1.82) is 0 Å². The van der Waals surface area contributed by atoms with Gasteiger partial charge in [-0.1, -0.05) is 60.2 Å². The normalized spacial score (nSPS) is 25.7. The van der Waals surface area contributed by atoms with Crippen LogP contribution in [0.3, 0.4) is 0 Å². The summed E-state index contributed by atoms with van der Waals surface area (Å²) in [7, 11) is -4.95. The Labute approximate surface area is 144 Å². The van der Waals surface area contributed by atoms with Crippen molar-refractivity contribution in [2.75, 3.05) is 0 Å². The van der Waals surface area contributed by atoms with E-state index < -0.39 is 38.0 Å². The maximum absolute atomic E-state index is 15.9. The highest BCUT2D eigenvalue weighted by atomic mass is 32.2. The molecule has 0 saturated heterocycles. The van der Waals surface area contributed by atoms with Crippen LogP contribution in [0.4, 0.5) is 13.2 Å². The number of hydrogen-bond acceptors (Lipinski definition) is 2. The molecule has 0 amide bonds. The third-order valence-corrected chi connectivity index (χ3v) is 6.71. The molecule has 2 aromatic rings. The van der Waals surface area contributed by atoms with E-state index in [2.05, 4.69) is 0 Å². The van der Waals surface area contributed by atoms with Gasteiger partial charge >= 0.3 is 0 Å². The Bertz CT molecular complexity index is 890. The Morgan fingerprint density at radius 1 is 0.960 bits per heavy atom. The number of alkyl halides is 3. The van der Waals surface area contributed by atoms with Crippen LogP contribution in [0.2, 0.25) is 0 Å². The number of sulfone groups is 1. The maximum Gasteiger partial charge on any atom is 0.300 e. The quantitative estimate of drug-likeness (QED) is 0.731. The molecular weight excluding hydrogens is 349 g/mol. The van der Waals surface area contributed by atoms with Crippen molar-refractivity contribution < 1.29 is 21.6 Å². The van der Waals surface area contributed by atoms with Gasteiger partial charge in [0.1, 0.15) is 0 Å². The maximum atomic E-state index is 15.9. The van der Waals surface area contributed by atoms with Gasteiger partial charge in [-0.3, -0.25) is 0 Å². The van der Waals surface area contributed by atoms with Crippen molar-refractivity contribution >= 4 is 9.84 Å². The van der Waals surface area contributed by atoms with E-state index in [9.17, 15) is 17.2 Å². The molecule has 0 spiro atoms. The number of rotatable bonds is 3. The van der Waals surface area contributed by atoms with Crippen molar-refractivity contribution in [2.45, 2.75) is 35.1 Å². The average molecular weight is 366 g/mol. The number of hydrogen-bond donors (Lipinski definition) is 0. The lowest BCUT2D eigenvalue weighted by atomic mass is 9.84. The summed E-state index contributed by atoms with van der Waals surface area (Å²) in [5, 5.41) is -3.76. The van der Waals surface area contributed by atoms with Crippen molar-refractivity contribution in [3.63, 3.8) is 0 Å². The zero-order chi connectivity index (χ0) is 18.3. The molecule has 3 rings (SSSR count). The molecular formula is C19H17F3O2S. The Morgan fingerprint density at radius 3 is 2.16 bits per heavy atom. The van der Waals surface area contributed by atoms with E-state index in [1.165, 1.54) is 42.5 Å². The fraction of sp³-hybridized carbons (Fsp3) is 0.263. The minimum absolute atomic E-state index is 0.191. The highest BCUT2D eigenvalue weighted by Gasteiger charge is 2.68. The molecule has 0 saturated carbocycles. The van der Waals surface area contributed by atoms with Gasteiger partial charge < -0.3 is 0 Å². The lowest BCUT2D eigenvalue weighted by Crippen LogP contribution is -2.55. The van der Waals surface area contributed by atoms with E-state index in [1.54, 1.807) is 25.1 Å². The second-order valence-corrected chi connectivity index (χ2v) is 8.26. The molecule has 132 valence electrons. The molecule has 2 nitrogen and oxygen atoms in total. The van der Waals surface area contributed by atoms with Crippen LogP contribution in [0.15, 0.2) is 71.6 Å². The van der Waals surface area contributed by atoms with E-state index in [1.807, 2.05) is 0 Å². The number of allylic oxidation sites excluding steroid dienone is 2. The SMILES string of the molecule is Cc1ccc(S(=O)(=O)C2(F)C(c3ccccc3)C=CCC2(F)F)cc1. The molecule has 0 N–H and O–H groups in total. The second-order valence-electron chi connectivity index (χ2n) is 6.19. The van der Waals surface area contributed by atoms with Crippen LogP contribution in [0.1, 0.15) is 23.5 Å². The summed E-state index contributed by atoms with van der Waals surface area (Å²) in [5.74, 6) is -5.64. The molecule has 0 heterocycles. The Morgan fingerprint density at radius 2 is 1.56 bits per heavy atom. The molecule has 1 aliphatic rings. The van der Waals surface area contributed by atoms with Gasteiger partial charge in [-0.05, 0) is 24.6 Å². The Balaban J connectivity index is 2.23. The first-order valence-corrected chi connectivity index (χ1v) is 9.28.